The van der Waals surface area contributed by atoms with Crippen molar-refractivity contribution in [1.29, 1.82) is 0 Å². The van der Waals surface area contributed by atoms with Gasteiger partial charge in [-0.2, -0.15) is 0 Å². The zero-order valence-corrected chi connectivity index (χ0v) is 31.3. The zero-order valence-electron chi connectivity index (χ0n) is 31.3. The molecule has 3 unspecified atom stereocenters. The van der Waals surface area contributed by atoms with Crippen LogP contribution in [0.3, 0.4) is 0 Å². The van der Waals surface area contributed by atoms with E-state index in [0.717, 1.165) is 83.9 Å². The third-order valence-electron chi connectivity index (χ3n) is 12.2. The molecule has 12 rings (SSSR count). The van der Waals surface area contributed by atoms with Crippen molar-refractivity contribution in [2.75, 3.05) is 0 Å². The Kier molecular flexibility index (Phi) is 7.10. The van der Waals surface area contributed by atoms with Gasteiger partial charge >= 0.3 is 0 Å². The van der Waals surface area contributed by atoms with E-state index >= 15 is 0 Å². The Morgan fingerprint density at radius 2 is 1.16 bits per heavy atom. The number of hydrogen-bond acceptors (Lipinski definition) is 4. The molecule has 5 nitrogen and oxygen atoms in total. The largest absolute Gasteiger partial charge is 0.456 e. The van der Waals surface area contributed by atoms with Gasteiger partial charge in [0.15, 0.2) is 0 Å². The maximum Gasteiger partial charge on any atom is 0.142 e. The fraction of sp³-hybridized carbons (Fsp3) is 0.0962. The molecule has 272 valence electrons. The number of nitrogens with one attached hydrogen (secondary N) is 1. The molecule has 1 aliphatic heterocycles. The lowest BCUT2D eigenvalue weighted by Crippen LogP contribution is -2.40. The first kappa shape index (κ1) is 32.3. The molecule has 0 aliphatic carbocycles. The molecule has 0 amide bonds. The van der Waals surface area contributed by atoms with Crippen LogP contribution in [0.1, 0.15) is 42.2 Å². The van der Waals surface area contributed by atoms with Gasteiger partial charge in [-0.25, -0.2) is 0 Å². The van der Waals surface area contributed by atoms with Crippen LogP contribution in [0, 0.1) is 5.92 Å². The van der Waals surface area contributed by atoms with Crippen molar-refractivity contribution in [2.45, 2.75) is 25.6 Å². The first-order valence-corrected chi connectivity index (χ1v) is 19.9. The number of fused-ring (bicyclic) bond motifs is 10. The zero-order chi connectivity index (χ0) is 37.6. The van der Waals surface area contributed by atoms with E-state index in [9.17, 15) is 0 Å². The van der Waals surface area contributed by atoms with E-state index in [1.54, 1.807) is 0 Å². The molecule has 57 heavy (non-hydrogen) atoms. The van der Waals surface area contributed by atoms with Gasteiger partial charge in [-0.15, -0.1) is 0 Å². The average Bonchev–Trinajstić information content (AvgIpc) is 3.94. The van der Waals surface area contributed by atoms with Gasteiger partial charge in [-0.05, 0) is 65.2 Å². The standard InChI is InChI=1S/C52H37N3O2/c1-2-35-48(31-15-4-3-5-16-31)53-52(54-49(35)40-23-14-22-39-37-20-9-12-25-46(37)56-50(39)40)43-30-34(29-42-38-21-10-13-26-47(38)57-51(42)43)55-44-24-11-8-19-36(44)41-27-32-17-6-7-18-33(32)28-45(41)55/h3-30,35,49,52,54H,2H2,1H3. The fourth-order valence-corrected chi connectivity index (χ4v) is 9.63. The molecule has 0 spiro atoms. The molecule has 0 saturated heterocycles. The van der Waals surface area contributed by atoms with Crippen molar-refractivity contribution in [3.8, 4) is 5.69 Å². The normalized spacial score (nSPS) is 17.5. The summed E-state index contributed by atoms with van der Waals surface area (Å²) < 4.78 is 16.0. The van der Waals surface area contributed by atoms with Crippen molar-refractivity contribution < 1.29 is 8.83 Å². The number of furan rings is 2. The summed E-state index contributed by atoms with van der Waals surface area (Å²) in [6.07, 6.45) is 0.467. The summed E-state index contributed by atoms with van der Waals surface area (Å²) in [5, 5.41) is 13.4. The minimum Gasteiger partial charge on any atom is -0.456 e. The molecule has 0 saturated carbocycles. The highest BCUT2D eigenvalue weighted by molar-refractivity contribution is 6.15. The summed E-state index contributed by atoms with van der Waals surface area (Å²) in [7, 11) is 0. The Balaban J connectivity index is 1.14. The molecule has 11 aromatic rings. The van der Waals surface area contributed by atoms with E-state index in [4.69, 9.17) is 13.8 Å². The van der Waals surface area contributed by atoms with Crippen molar-refractivity contribution in [1.82, 2.24) is 9.88 Å². The van der Waals surface area contributed by atoms with E-state index in [-0.39, 0.29) is 12.0 Å². The Bertz CT molecular complexity index is 3400. The molecule has 4 heterocycles. The summed E-state index contributed by atoms with van der Waals surface area (Å²) in [6, 6.07) is 60.5. The van der Waals surface area contributed by atoms with Crippen molar-refractivity contribution in [3.05, 3.63) is 187 Å². The van der Waals surface area contributed by atoms with E-state index in [1.807, 2.05) is 12.1 Å². The second-order valence-electron chi connectivity index (χ2n) is 15.3. The van der Waals surface area contributed by atoms with Crippen LogP contribution >= 0.6 is 0 Å². The molecule has 0 fully saturated rings. The highest BCUT2D eigenvalue weighted by atomic mass is 16.3. The van der Waals surface area contributed by atoms with Gasteiger partial charge < -0.3 is 13.4 Å². The van der Waals surface area contributed by atoms with Crippen LogP contribution in [0.5, 0.6) is 0 Å². The van der Waals surface area contributed by atoms with Gasteiger partial charge in [0.05, 0.1) is 11.0 Å². The number of benzene rings is 8. The molecular weight excluding hydrogens is 699 g/mol. The Morgan fingerprint density at radius 3 is 1.93 bits per heavy atom. The Morgan fingerprint density at radius 1 is 0.526 bits per heavy atom. The highest BCUT2D eigenvalue weighted by Crippen LogP contribution is 2.45. The van der Waals surface area contributed by atoms with Gasteiger partial charge in [0.2, 0.25) is 0 Å². The van der Waals surface area contributed by atoms with E-state index in [1.165, 1.54) is 27.1 Å². The van der Waals surface area contributed by atoms with Crippen LogP contribution in [0.2, 0.25) is 0 Å². The van der Waals surface area contributed by atoms with Crippen LogP contribution in [0.4, 0.5) is 0 Å². The topological polar surface area (TPSA) is 55.6 Å². The third kappa shape index (κ3) is 4.89. The summed E-state index contributed by atoms with van der Waals surface area (Å²) in [6.45, 7) is 2.26. The second kappa shape index (κ2) is 12.5. The summed E-state index contributed by atoms with van der Waals surface area (Å²) in [5.41, 5.74) is 11.2. The van der Waals surface area contributed by atoms with Gasteiger partial charge in [-0.3, -0.25) is 10.3 Å². The first-order valence-electron chi connectivity index (χ1n) is 19.9. The maximum atomic E-state index is 6.85. The van der Waals surface area contributed by atoms with E-state index in [0.29, 0.717) is 0 Å². The average molecular weight is 736 g/mol. The molecular formula is C52H37N3O2. The SMILES string of the molecule is CCC1C(c2ccccc2)=NC(c2cc(-n3c4ccccc4c4cc5ccccc5cc43)cc3c2oc2ccccc23)NC1c1cccc2c1oc1ccccc12. The van der Waals surface area contributed by atoms with Crippen LogP contribution in [-0.4, -0.2) is 10.3 Å². The molecule has 0 bridgehead atoms. The Labute approximate surface area is 328 Å². The summed E-state index contributed by atoms with van der Waals surface area (Å²) >= 11 is 0. The monoisotopic (exact) mass is 735 g/mol. The lowest BCUT2D eigenvalue weighted by Gasteiger charge is -2.37. The number of hydrogen-bond donors (Lipinski definition) is 1. The number of aromatic nitrogens is 1. The number of aliphatic imine (C=N–C) groups is 1. The molecule has 0 radical (unpaired) electrons. The quantitative estimate of drug-likeness (QED) is 0.191. The third-order valence-corrected chi connectivity index (χ3v) is 12.2. The number of nitrogens with zero attached hydrogens (tertiary/aromatic N) is 2. The lowest BCUT2D eigenvalue weighted by molar-refractivity contribution is 0.357. The smallest absolute Gasteiger partial charge is 0.142 e. The minimum atomic E-state index is -0.426. The fourth-order valence-electron chi connectivity index (χ4n) is 9.63. The molecule has 1 N–H and O–H groups in total. The summed E-state index contributed by atoms with van der Waals surface area (Å²) in [5.74, 6) is 0.0856. The van der Waals surface area contributed by atoms with Crippen LogP contribution < -0.4 is 5.32 Å². The molecule has 1 aliphatic rings. The molecule has 5 heteroatoms. The minimum absolute atomic E-state index is 0.0856. The number of rotatable bonds is 5. The van der Waals surface area contributed by atoms with Crippen LogP contribution in [0.15, 0.2) is 184 Å². The predicted molar refractivity (Wildman–Crippen MR) is 235 cm³/mol. The maximum absolute atomic E-state index is 6.85. The van der Waals surface area contributed by atoms with Gasteiger partial charge in [0, 0.05) is 66.8 Å². The number of para-hydroxylation sites is 4. The van der Waals surface area contributed by atoms with Gasteiger partial charge in [-0.1, -0.05) is 134 Å². The van der Waals surface area contributed by atoms with Crippen molar-refractivity contribution in [3.63, 3.8) is 0 Å². The first-order chi connectivity index (χ1) is 28.2. The van der Waals surface area contributed by atoms with Gasteiger partial charge in [0.25, 0.3) is 0 Å². The highest BCUT2D eigenvalue weighted by Gasteiger charge is 2.37. The summed E-state index contributed by atoms with van der Waals surface area (Å²) in [4.78, 5) is 5.69. The van der Waals surface area contributed by atoms with E-state index in [2.05, 4.69) is 175 Å². The van der Waals surface area contributed by atoms with Crippen molar-refractivity contribution >= 4 is 82.2 Å². The predicted octanol–water partition coefficient (Wildman–Crippen LogP) is 13.6. The van der Waals surface area contributed by atoms with Crippen molar-refractivity contribution in [2.24, 2.45) is 10.9 Å². The molecule has 8 aromatic carbocycles. The van der Waals surface area contributed by atoms with E-state index < -0.39 is 6.17 Å². The Hall–Kier alpha value is -6.95. The second-order valence-corrected chi connectivity index (χ2v) is 15.3. The molecule has 3 atom stereocenters. The lowest BCUT2D eigenvalue weighted by atomic mass is 9.81. The molecule has 3 aromatic heterocycles. The van der Waals surface area contributed by atoms with Crippen LogP contribution in [-0.2, 0) is 0 Å². The van der Waals surface area contributed by atoms with Gasteiger partial charge in [0.1, 0.15) is 28.5 Å². The van der Waals surface area contributed by atoms with Crippen LogP contribution in [0.25, 0.3) is 82.1 Å².